The minimum absolute atomic E-state index is 0.159. The summed E-state index contributed by atoms with van der Waals surface area (Å²) < 4.78 is 0. The van der Waals surface area contributed by atoms with Gasteiger partial charge < -0.3 is 10.2 Å². The molecular formula is C17H24N4OS. The van der Waals surface area contributed by atoms with E-state index in [9.17, 15) is 4.79 Å². The van der Waals surface area contributed by atoms with Crippen molar-refractivity contribution in [2.75, 3.05) is 25.0 Å². The van der Waals surface area contributed by atoms with Crippen molar-refractivity contribution in [2.45, 2.75) is 40.0 Å². The molecule has 1 amide bonds. The number of carbonyl (C=O) groups is 1. The van der Waals surface area contributed by atoms with Crippen LogP contribution in [-0.4, -0.2) is 40.4 Å². The highest BCUT2D eigenvalue weighted by molar-refractivity contribution is 7.18. The summed E-state index contributed by atoms with van der Waals surface area (Å²) in [7, 11) is 0. The first-order chi connectivity index (χ1) is 11.1. The van der Waals surface area contributed by atoms with Crippen LogP contribution in [0.25, 0.3) is 10.2 Å². The Balaban J connectivity index is 1.73. The first kappa shape index (κ1) is 16.2. The Bertz CT molecular complexity index is 712. The van der Waals surface area contributed by atoms with Crippen LogP contribution in [-0.2, 0) is 11.2 Å². The summed E-state index contributed by atoms with van der Waals surface area (Å²) in [6.45, 7) is 8.29. The van der Waals surface area contributed by atoms with Gasteiger partial charge in [0.15, 0.2) is 0 Å². The van der Waals surface area contributed by atoms with Crippen molar-refractivity contribution in [1.82, 2.24) is 14.9 Å². The summed E-state index contributed by atoms with van der Waals surface area (Å²) in [4.78, 5) is 25.7. The van der Waals surface area contributed by atoms with Gasteiger partial charge >= 0.3 is 0 Å². The molecule has 0 aromatic carbocycles. The molecule has 0 aliphatic carbocycles. The van der Waals surface area contributed by atoms with E-state index in [1.54, 1.807) is 11.3 Å². The molecule has 124 valence electrons. The third kappa shape index (κ3) is 3.63. The van der Waals surface area contributed by atoms with Crippen molar-refractivity contribution in [3.63, 3.8) is 0 Å². The lowest BCUT2D eigenvalue weighted by molar-refractivity contribution is -0.130. The second kappa shape index (κ2) is 6.83. The van der Waals surface area contributed by atoms with Crippen molar-refractivity contribution < 1.29 is 4.79 Å². The average Bonchev–Trinajstić information content (AvgIpc) is 2.95. The molecule has 1 aliphatic heterocycles. The number of nitrogens with one attached hydrogen (secondary N) is 1. The fourth-order valence-electron chi connectivity index (χ4n) is 3.07. The molecule has 0 spiro atoms. The molecule has 3 heterocycles. The smallest absolute Gasteiger partial charge is 0.241 e. The summed E-state index contributed by atoms with van der Waals surface area (Å²) in [6, 6.07) is 2.13. The van der Waals surface area contributed by atoms with Gasteiger partial charge in [-0.1, -0.05) is 13.8 Å². The van der Waals surface area contributed by atoms with Crippen LogP contribution in [0.1, 0.15) is 37.4 Å². The third-order valence-corrected chi connectivity index (χ3v) is 5.49. The first-order valence-electron chi connectivity index (χ1n) is 8.35. The molecule has 1 fully saturated rings. The van der Waals surface area contributed by atoms with Gasteiger partial charge in [-0.3, -0.25) is 4.79 Å². The maximum absolute atomic E-state index is 12.4. The Labute approximate surface area is 141 Å². The Morgan fingerprint density at radius 2 is 2.30 bits per heavy atom. The standard InChI is InChI=1S/C17H24N4OS/c1-4-13-8-14-16(19-12(3)20-17(14)23-13)18-9-15(22)21-7-5-6-11(2)10-21/h8,11H,4-7,9-10H2,1-3H3,(H,18,19,20). The van der Waals surface area contributed by atoms with Crippen molar-refractivity contribution in [1.29, 1.82) is 0 Å². The highest BCUT2D eigenvalue weighted by Gasteiger charge is 2.21. The maximum Gasteiger partial charge on any atom is 0.241 e. The van der Waals surface area contributed by atoms with Crippen molar-refractivity contribution >= 4 is 33.3 Å². The van der Waals surface area contributed by atoms with Crippen LogP contribution in [0.5, 0.6) is 0 Å². The lowest BCUT2D eigenvalue weighted by Gasteiger charge is -2.31. The predicted molar refractivity (Wildman–Crippen MR) is 95.0 cm³/mol. The van der Waals surface area contributed by atoms with Crippen LogP contribution >= 0.6 is 11.3 Å². The molecule has 2 aromatic rings. The Morgan fingerprint density at radius 3 is 3.04 bits per heavy atom. The second-order valence-corrected chi connectivity index (χ2v) is 7.46. The molecule has 1 atom stereocenters. The molecule has 0 saturated carbocycles. The Hall–Kier alpha value is -1.69. The quantitative estimate of drug-likeness (QED) is 0.934. The van der Waals surface area contributed by atoms with Crippen molar-refractivity contribution in [3.05, 3.63) is 16.8 Å². The fourth-order valence-corrected chi connectivity index (χ4v) is 4.09. The molecule has 1 unspecified atom stereocenters. The number of thiophene rings is 1. The van der Waals surface area contributed by atoms with Crippen molar-refractivity contribution in [2.24, 2.45) is 5.92 Å². The molecule has 0 radical (unpaired) electrons. The molecule has 23 heavy (non-hydrogen) atoms. The summed E-state index contributed by atoms with van der Waals surface area (Å²) in [5, 5.41) is 4.27. The van der Waals surface area contributed by atoms with Crippen LogP contribution in [0, 0.1) is 12.8 Å². The number of nitrogens with zero attached hydrogens (tertiary/aromatic N) is 3. The summed E-state index contributed by atoms with van der Waals surface area (Å²) in [5.41, 5.74) is 0. The molecule has 3 rings (SSSR count). The van der Waals surface area contributed by atoms with Gasteiger partial charge in [0.2, 0.25) is 5.91 Å². The van der Waals surface area contributed by atoms with Crippen LogP contribution in [0.4, 0.5) is 5.82 Å². The minimum Gasteiger partial charge on any atom is -0.360 e. The number of amides is 1. The van der Waals surface area contributed by atoms with Crippen LogP contribution in [0.15, 0.2) is 6.07 Å². The van der Waals surface area contributed by atoms with Gasteiger partial charge in [0, 0.05) is 18.0 Å². The number of likely N-dealkylation sites (tertiary alicyclic amines) is 1. The van der Waals surface area contributed by atoms with E-state index < -0.39 is 0 Å². The highest BCUT2D eigenvalue weighted by Crippen LogP contribution is 2.29. The first-order valence-corrected chi connectivity index (χ1v) is 9.17. The average molecular weight is 332 g/mol. The zero-order valence-corrected chi connectivity index (χ0v) is 14.9. The van der Waals surface area contributed by atoms with E-state index >= 15 is 0 Å². The van der Waals surface area contributed by atoms with E-state index in [4.69, 9.17) is 0 Å². The van der Waals surface area contributed by atoms with E-state index in [0.29, 0.717) is 12.5 Å². The van der Waals surface area contributed by atoms with Gasteiger partial charge in [-0.05, 0) is 38.2 Å². The van der Waals surface area contributed by atoms with E-state index in [-0.39, 0.29) is 5.91 Å². The number of hydrogen-bond acceptors (Lipinski definition) is 5. The zero-order chi connectivity index (χ0) is 16.4. The minimum atomic E-state index is 0.159. The van der Waals surface area contributed by atoms with Gasteiger partial charge in [0.1, 0.15) is 16.5 Å². The molecular weight excluding hydrogens is 308 g/mol. The molecule has 1 saturated heterocycles. The third-order valence-electron chi connectivity index (χ3n) is 4.32. The topological polar surface area (TPSA) is 58.1 Å². The zero-order valence-electron chi connectivity index (χ0n) is 14.1. The van der Waals surface area contributed by atoms with Gasteiger partial charge in [-0.25, -0.2) is 9.97 Å². The van der Waals surface area contributed by atoms with E-state index in [1.807, 2.05) is 11.8 Å². The van der Waals surface area contributed by atoms with Crippen LogP contribution in [0.2, 0.25) is 0 Å². The van der Waals surface area contributed by atoms with E-state index in [1.165, 1.54) is 11.3 Å². The number of aromatic nitrogens is 2. The number of rotatable bonds is 4. The molecule has 6 heteroatoms. The SMILES string of the molecule is CCc1cc2c(NCC(=O)N3CCCC(C)C3)nc(C)nc2s1. The number of hydrogen-bond donors (Lipinski definition) is 1. The molecule has 5 nitrogen and oxygen atoms in total. The lowest BCUT2D eigenvalue weighted by atomic mass is 10.0. The van der Waals surface area contributed by atoms with E-state index in [2.05, 4.69) is 35.2 Å². The van der Waals surface area contributed by atoms with Crippen LogP contribution < -0.4 is 5.32 Å². The number of carbonyl (C=O) groups excluding carboxylic acids is 1. The number of anilines is 1. The van der Waals surface area contributed by atoms with E-state index in [0.717, 1.165) is 47.8 Å². The summed E-state index contributed by atoms with van der Waals surface area (Å²) >= 11 is 1.70. The van der Waals surface area contributed by atoms with Crippen LogP contribution in [0.3, 0.4) is 0 Å². The summed E-state index contributed by atoms with van der Waals surface area (Å²) in [6.07, 6.45) is 3.32. The fraction of sp³-hybridized carbons (Fsp3) is 0.588. The normalized spacial score (nSPS) is 18.4. The molecule has 1 aliphatic rings. The van der Waals surface area contributed by atoms with Gasteiger partial charge in [-0.2, -0.15) is 0 Å². The predicted octanol–water partition coefficient (Wildman–Crippen LogP) is 3.23. The lowest BCUT2D eigenvalue weighted by Crippen LogP contribution is -2.42. The number of piperidine rings is 1. The second-order valence-electron chi connectivity index (χ2n) is 6.35. The maximum atomic E-state index is 12.4. The summed E-state index contributed by atoms with van der Waals surface area (Å²) in [5.74, 6) is 2.28. The largest absolute Gasteiger partial charge is 0.360 e. The van der Waals surface area contributed by atoms with Gasteiger partial charge in [-0.15, -0.1) is 11.3 Å². The molecule has 0 bridgehead atoms. The number of aryl methyl sites for hydroxylation is 2. The highest BCUT2D eigenvalue weighted by atomic mass is 32.1. The van der Waals surface area contributed by atoms with Crippen molar-refractivity contribution in [3.8, 4) is 0 Å². The number of fused-ring (bicyclic) bond motifs is 1. The molecule has 2 aromatic heterocycles. The van der Waals surface area contributed by atoms with Gasteiger partial charge in [0.05, 0.1) is 11.9 Å². The Kier molecular flexibility index (Phi) is 4.80. The Morgan fingerprint density at radius 1 is 1.48 bits per heavy atom. The van der Waals surface area contributed by atoms with Gasteiger partial charge in [0.25, 0.3) is 0 Å². The molecule has 1 N–H and O–H groups in total. The monoisotopic (exact) mass is 332 g/mol.